The van der Waals surface area contributed by atoms with Crippen LogP contribution in [0.2, 0.25) is 0 Å². The van der Waals surface area contributed by atoms with Crippen LogP contribution in [0.4, 0.5) is 19.3 Å². The highest BCUT2D eigenvalue weighted by Gasteiger charge is 2.24. The van der Waals surface area contributed by atoms with E-state index in [2.05, 4.69) is 20.5 Å². The molecule has 0 spiro atoms. The smallest absolute Gasteiger partial charge is 0.319 e. The number of rotatable bonds is 8. The van der Waals surface area contributed by atoms with E-state index >= 15 is 0 Å². The summed E-state index contributed by atoms with van der Waals surface area (Å²) in [6.07, 6.45) is 0.935. The lowest BCUT2D eigenvalue weighted by atomic mass is 10.1. The number of amides is 2. The second-order valence-corrected chi connectivity index (χ2v) is 8.14. The van der Waals surface area contributed by atoms with Gasteiger partial charge in [0.25, 0.3) is 0 Å². The molecule has 2 aromatic carbocycles. The molecule has 1 saturated heterocycles. The van der Waals surface area contributed by atoms with E-state index in [9.17, 15) is 13.6 Å². The van der Waals surface area contributed by atoms with Crippen LogP contribution >= 0.6 is 0 Å². The maximum atomic E-state index is 12.6. The molecule has 3 aromatic rings. The molecular weight excluding hydrogens is 466 g/mol. The van der Waals surface area contributed by atoms with Crippen LogP contribution in [0.1, 0.15) is 13.3 Å². The number of urea groups is 1. The molecule has 1 atom stereocenters. The van der Waals surface area contributed by atoms with Gasteiger partial charge in [-0.15, -0.1) is 0 Å². The number of aromatic nitrogens is 1. The van der Waals surface area contributed by atoms with Gasteiger partial charge in [0.2, 0.25) is 5.88 Å². The normalized spacial score (nSPS) is 15.1. The fourth-order valence-electron chi connectivity index (χ4n) is 3.74. The number of methoxy groups -OCH3 is 1. The van der Waals surface area contributed by atoms with Crippen molar-refractivity contribution >= 4 is 11.7 Å². The minimum Gasteiger partial charge on any atom is -0.478 e. The lowest BCUT2D eigenvalue weighted by molar-refractivity contribution is 0.160. The summed E-state index contributed by atoms with van der Waals surface area (Å²) in [5.41, 5.74) is 2.27. The predicted molar refractivity (Wildman–Crippen MR) is 136 cm³/mol. The van der Waals surface area contributed by atoms with Gasteiger partial charge < -0.3 is 20.1 Å². The Morgan fingerprint density at radius 1 is 1.06 bits per heavy atom. The van der Waals surface area contributed by atoms with Crippen molar-refractivity contribution in [3.8, 4) is 17.1 Å². The second-order valence-electron chi connectivity index (χ2n) is 8.14. The van der Waals surface area contributed by atoms with E-state index in [1.165, 1.54) is 12.1 Å². The molecule has 2 amide bonds. The zero-order valence-electron chi connectivity index (χ0n) is 20.5. The summed E-state index contributed by atoms with van der Waals surface area (Å²) in [5.74, 6) is -1.06. The van der Waals surface area contributed by atoms with E-state index in [0.717, 1.165) is 43.8 Å². The van der Waals surface area contributed by atoms with E-state index in [1.54, 1.807) is 13.2 Å². The quantitative estimate of drug-likeness (QED) is 0.460. The van der Waals surface area contributed by atoms with Gasteiger partial charge in [-0.05, 0) is 31.5 Å². The van der Waals surface area contributed by atoms with Crippen molar-refractivity contribution in [3.05, 3.63) is 78.4 Å². The third-order valence-corrected chi connectivity index (χ3v) is 5.50. The molecular formula is C27H32F2N4O3. The molecule has 1 aromatic heterocycles. The number of hydrogen-bond acceptors (Lipinski definition) is 5. The van der Waals surface area contributed by atoms with Gasteiger partial charge in [0, 0.05) is 44.4 Å². The third kappa shape index (κ3) is 8.28. The molecule has 0 bridgehead atoms. The van der Waals surface area contributed by atoms with Crippen molar-refractivity contribution in [1.29, 1.82) is 0 Å². The lowest BCUT2D eigenvalue weighted by Crippen LogP contribution is -2.40. The number of benzene rings is 2. The second kappa shape index (κ2) is 14.1. The van der Waals surface area contributed by atoms with Gasteiger partial charge in [-0.1, -0.05) is 42.5 Å². The molecule has 1 fully saturated rings. The molecule has 2 heterocycles. The average Bonchev–Trinajstić information content (AvgIpc) is 3.33. The minimum atomic E-state index is -0.799. The fourth-order valence-corrected chi connectivity index (χ4v) is 3.74. The molecule has 192 valence electrons. The van der Waals surface area contributed by atoms with Gasteiger partial charge in [0.15, 0.2) is 11.6 Å². The van der Waals surface area contributed by atoms with Crippen molar-refractivity contribution in [2.24, 2.45) is 0 Å². The molecule has 0 radical (unpaired) electrons. The van der Waals surface area contributed by atoms with E-state index in [-0.39, 0.29) is 12.1 Å². The Morgan fingerprint density at radius 2 is 1.75 bits per heavy atom. The average molecular weight is 499 g/mol. The van der Waals surface area contributed by atoms with Gasteiger partial charge in [-0.25, -0.2) is 18.6 Å². The summed E-state index contributed by atoms with van der Waals surface area (Å²) in [6, 6.07) is 18.3. The summed E-state index contributed by atoms with van der Waals surface area (Å²) >= 11 is 0. The summed E-state index contributed by atoms with van der Waals surface area (Å²) in [6.45, 7) is 5.85. The lowest BCUT2D eigenvalue weighted by Gasteiger charge is -2.17. The van der Waals surface area contributed by atoms with Crippen molar-refractivity contribution < 1.29 is 23.0 Å². The van der Waals surface area contributed by atoms with Crippen LogP contribution in [0, 0.1) is 11.6 Å². The molecule has 0 saturated carbocycles. The van der Waals surface area contributed by atoms with Gasteiger partial charge in [0.1, 0.15) is 0 Å². The molecule has 0 aliphatic carbocycles. The van der Waals surface area contributed by atoms with Crippen molar-refractivity contribution in [2.75, 3.05) is 45.3 Å². The zero-order valence-corrected chi connectivity index (χ0v) is 20.5. The summed E-state index contributed by atoms with van der Waals surface area (Å²) in [4.78, 5) is 19.4. The van der Waals surface area contributed by atoms with Crippen LogP contribution < -0.4 is 15.4 Å². The highest BCUT2D eigenvalue weighted by Crippen LogP contribution is 2.28. The van der Waals surface area contributed by atoms with Gasteiger partial charge in [-0.2, -0.15) is 0 Å². The monoisotopic (exact) mass is 498 g/mol. The Hall–Kier alpha value is -3.56. The Labute approximate surface area is 210 Å². The van der Waals surface area contributed by atoms with Crippen LogP contribution in [0.5, 0.6) is 5.88 Å². The molecule has 1 unspecified atom stereocenters. The molecule has 36 heavy (non-hydrogen) atoms. The number of halogens is 2. The van der Waals surface area contributed by atoms with Crippen LogP contribution in [-0.2, 0) is 4.74 Å². The highest BCUT2D eigenvalue weighted by atomic mass is 19.2. The Morgan fingerprint density at radius 3 is 2.39 bits per heavy atom. The Balaban J connectivity index is 0.000000383. The molecule has 1 aliphatic rings. The largest absolute Gasteiger partial charge is 0.478 e. The summed E-state index contributed by atoms with van der Waals surface area (Å²) in [5, 5.41) is 6.01. The highest BCUT2D eigenvalue weighted by molar-refractivity contribution is 5.93. The number of nitrogens with one attached hydrogen (secondary N) is 2. The summed E-state index contributed by atoms with van der Waals surface area (Å²) in [7, 11) is 1.70. The number of likely N-dealkylation sites (tertiary alicyclic amines) is 1. The number of anilines is 1. The fraction of sp³-hybridized carbons (Fsp3) is 0.333. The molecule has 7 nitrogen and oxygen atoms in total. The van der Waals surface area contributed by atoms with E-state index in [4.69, 9.17) is 9.47 Å². The van der Waals surface area contributed by atoms with Gasteiger partial charge in [0.05, 0.1) is 24.6 Å². The van der Waals surface area contributed by atoms with Crippen molar-refractivity contribution in [2.45, 2.75) is 19.4 Å². The zero-order chi connectivity index (χ0) is 25.8. The first-order chi connectivity index (χ1) is 17.5. The molecule has 2 N–H and O–H groups in total. The van der Waals surface area contributed by atoms with Crippen LogP contribution in [0.15, 0.2) is 66.7 Å². The first-order valence-corrected chi connectivity index (χ1v) is 11.9. The van der Waals surface area contributed by atoms with E-state index in [1.807, 2.05) is 43.3 Å². The minimum absolute atomic E-state index is 0.132. The van der Waals surface area contributed by atoms with Crippen molar-refractivity contribution in [3.63, 3.8) is 0 Å². The Kier molecular flexibility index (Phi) is 10.6. The van der Waals surface area contributed by atoms with E-state index in [0.29, 0.717) is 30.5 Å². The van der Waals surface area contributed by atoms with Crippen LogP contribution in [0.3, 0.4) is 0 Å². The molecule has 1 aliphatic heterocycles. The standard InChI is InChI=1S/C21H28N4O3.C6H4F2/c1-3-28-19-10-9-18(20(24-19)16-7-5-4-6-8-16)23-21(26)22-17-11-12-25(15-17)13-14-27-2;7-5-3-1-2-4-6(5)8/h4-10,17H,3,11-15H2,1-2H3,(H2,22,23,26);1-4H. The Bertz CT molecular complexity index is 1080. The van der Waals surface area contributed by atoms with Crippen molar-refractivity contribution in [1.82, 2.24) is 15.2 Å². The number of nitrogens with zero attached hydrogens (tertiary/aromatic N) is 2. The first-order valence-electron chi connectivity index (χ1n) is 11.9. The summed E-state index contributed by atoms with van der Waals surface area (Å²) < 4.78 is 34.5. The maximum absolute atomic E-state index is 12.6. The first kappa shape index (κ1) is 27.0. The topological polar surface area (TPSA) is 75.7 Å². The number of carbonyl (C=O) groups is 1. The predicted octanol–water partition coefficient (Wildman–Crippen LogP) is 4.95. The number of hydrogen-bond donors (Lipinski definition) is 2. The SMILES string of the molecule is CCOc1ccc(NC(=O)NC2CCN(CCOC)C2)c(-c2ccccc2)n1.Fc1ccccc1F. The van der Waals surface area contributed by atoms with Crippen LogP contribution in [0.25, 0.3) is 11.3 Å². The molecule has 9 heteroatoms. The van der Waals surface area contributed by atoms with Crippen LogP contribution in [-0.4, -0.2) is 61.9 Å². The van der Waals surface area contributed by atoms with E-state index < -0.39 is 11.6 Å². The molecule has 4 rings (SSSR count). The van der Waals surface area contributed by atoms with Gasteiger partial charge in [-0.3, -0.25) is 4.90 Å². The number of pyridine rings is 1. The third-order valence-electron chi connectivity index (χ3n) is 5.50. The number of carbonyl (C=O) groups excluding carboxylic acids is 1. The maximum Gasteiger partial charge on any atom is 0.319 e. The number of ether oxygens (including phenoxy) is 2. The van der Waals surface area contributed by atoms with Gasteiger partial charge >= 0.3 is 6.03 Å².